The molecule has 0 spiro atoms. The van der Waals surface area contributed by atoms with Crippen LogP contribution in [-0.4, -0.2) is 10.1 Å². The van der Waals surface area contributed by atoms with Crippen LogP contribution in [-0.2, 0) is 6.54 Å². The van der Waals surface area contributed by atoms with E-state index < -0.39 is 0 Å². The molecule has 2 aromatic rings. The standard InChI is InChI=1S/C14H16N2O/c1-10-5-3-4-6-12(10)15-9-13-14(17)8-7-11(2)16-13/h3-8,15,17H,9H2,1-2H3. The van der Waals surface area contributed by atoms with Gasteiger partial charge in [0, 0.05) is 11.4 Å². The fourth-order valence-corrected chi connectivity index (χ4v) is 1.68. The van der Waals surface area contributed by atoms with E-state index >= 15 is 0 Å². The molecular formula is C14H16N2O. The van der Waals surface area contributed by atoms with Gasteiger partial charge >= 0.3 is 0 Å². The van der Waals surface area contributed by atoms with Gasteiger partial charge in [-0.3, -0.25) is 4.98 Å². The van der Waals surface area contributed by atoms with Crippen molar-refractivity contribution in [2.45, 2.75) is 20.4 Å². The molecule has 0 aliphatic carbocycles. The van der Waals surface area contributed by atoms with E-state index in [9.17, 15) is 5.11 Å². The van der Waals surface area contributed by atoms with Gasteiger partial charge in [0.05, 0.1) is 6.54 Å². The molecule has 3 nitrogen and oxygen atoms in total. The maximum absolute atomic E-state index is 9.68. The van der Waals surface area contributed by atoms with E-state index in [4.69, 9.17) is 0 Å². The summed E-state index contributed by atoms with van der Waals surface area (Å²) in [4.78, 5) is 4.30. The number of rotatable bonds is 3. The minimum absolute atomic E-state index is 0.233. The Kier molecular flexibility index (Phi) is 3.28. The Morgan fingerprint density at radius 1 is 1.12 bits per heavy atom. The molecule has 1 aromatic heterocycles. The van der Waals surface area contributed by atoms with Gasteiger partial charge in [-0.2, -0.15) is 0 Å². The van der Waals surface area contributed by atoms with Crippen LogP contribution in [0.4, 0.5) is 5.69 Å². The Morgan fingerprint density at radius 2 is 1.88 bits per heavy atom. The van der Waals surface area contributed by atoms with Gasteiger partial charge in [-0.1, -0.05) is 18.2 Å². The number of para-hydroxylation sites is 1. The monoisotopic (exact) mass is 228 g/mol. The lowest BCUT2D eigenvalue weighted by Gasteiger charge is -2.10. The Hall–Kier alpha value is -2.03. The van der Waals surface area contributed by atoms with Crippen molar-refractivity contribution in [3.8, 4) is 5.75 Å². The SMILES string of the molecule is Cc1ccc(O)c(CNc2ccccc2C)n1. The third-order valence-corrected chi connectivity index (χ3v) is 2.68. The van der Waals surface area contributed by atoms with Gasteiger partial charge in [-0.05, 0) is 37.6 Å². The fourth-order valence-electron chi connectivity index (χ4n) is 1.68. The Balaban J connectivity index is 2.12. The Labute approximate surface area is 101 Å². The normalized spacial score (nSPS) is 10.2. The van der Waals surface area contributed by atoms with E-state index in [1.54, 1.807) is 12.1 Å². The molecular weight excluding hydrogens is 212 g/mol. The van der Waals surface area contributed by atoms with Crippen molar-refractivity contribution in [2.75, 3.05) is 5.32 Å². The molecule has 0 amide bonds. The number of nitrogens with one attached hydrogen (secondary N) is 1. The van der Waals surface area contributed by atoms with Crippen molar-refractivity contribution in [1.29, 1.82) is 0 Å². The third-order valence-electron chi connectivity index (χ3n) is 2.68. The highest BCUT2D eigenvalue weighted by Crippen LogP contribution is 2.18. The quantitative estimate of drug-likeness (QED) is 0.848. The van der Waals surface area contributed by atoms with E-state index in [1.165, 1.54) is 5.56 Å². The zero-order valence-electron chi connectivity index (χ0n) is 10.1. The highest BCUT2D eigenvalue weighted by Gasteiger charge is 2.03. The zero-order valence-corrected chi connectivity index (χ0v) is 10.1. The van der Waals surface area contributed by atoms with Crippen LogP contribution in [0.2, 0.25) is 0 Å². The first-order valence-electron chi connectivity index (χ1n) is 5.62. The van der Waals surface area contributed by atoms with Gasteiger partial charge in [0.2, 0.25) is 0 Å². The van der Waals surface area contributed by atoms with Crippen molar-refractivity contribution >= 4 is 5.69 Å². The number of aromatic hydroxyl groups is 1. The van der Waals surface area contributed by atoms with Gasteiger partial charge in [-0.15, -0.1) is 0 Å². The Morgan fingerprint density at radius 3 is 2.65 bits per heavy atom. The number of hydrogen-bond donors (Lipinski definition) is 2. The Bertz CT molecular complexity index is 523. The smallest absolute Gasteiger partial charge is 0.138 e. The predicted octanol–water partition coefficient (Wildman–Crippen LogP) is 3.02. The van der Waals surface area contributed by atoms with Crippen LogP contribution in [0.15, 0.2) is 36.4 Å². The van der Waals surface area contributed by atoms with Crippen molar-refractivity contribution < 1.29 is 5.11 Å². The van der Waals surface area contributed by atoms with Crippen LogP contribution in [0.3, 0.4) is 0 Å². The highest BCUT2D eigenvalue weighted by atomic mass is 16.3. The molecule has 3 heteroatoms. The average Bonchev–Trinajstić information content (AvgIpc) is 2.32. The lowest BCUT2D eigenvalue weighted by Crippen LogP contribution is -2.03. The number of aromatic nitrogens is 1. The van der Waals surface area contributed by atoms with Gasteiger partial charge in [0.15, 0.2) is 0 Å². The summed E-state index contributed by atoms with van der Waals surface area (Å²) in [7, 11) is 0. The molecule has 0 radical (unpaired) electrons. The summed E-state index contributed by atoms with van der Waals surface area (Å²) in [6, 6.07) is 11.5. The van der Waals surface area contributed by atoms with E-state index in [1.807, 2.05) is 38.1 Å². The van der Waals surface area contributed by atoms with Crippen LogP contribution < -0.4 is 5.32 Å². The summed E-state index contributed by atoms with van der Waals surface area (Å²) < 4.78 is 0. The van der Waals surface area contributed by atoms with Gasteiger partial charge in [0.1, 0.15) is 11.4 Å². The van der Waals surface area contributed by atoms with Crippen molar-refractivity contribution in [1.82, 2.24) is 4.98 Å². The first-order valence-corrected chi connectivity index (χ1v) is 5.62. The second-order valence-electron chi connectivity index (χ2n) is 4.09. The average molecular weight is 228 g/mol. The second kappa shape index (κ2) is 4.87. The number of benzene rings is 1. The summed E-state index contributed by atoms with van der Waals surface area (Å²) in [6.07, 6.45) is 0. The van der Waals surface area contributed by atoms with Crippen LogP contribution in [0, 0.1) is 13.8 Å². The molecule has 0 fully saturated rings. The molecule has 17 heavy (non-hydrogen) atoms. The van der Waals surface area contributed by atoms with Crippen LogP contribution in [0.1, 0.15) is 17.0 Å². The first-order chi connectivity index (χ1) is 8.16. The molecule has 88 valence electrons. The molecule has 0 atom stereocenters. The van der Waals surface area contributed by atoms with Gasteiger partial charge in [0.25, 0.3) is 0 Å². The molecule has 0 saturated carbocycles. The highest BCUT2D eigenvalue weighted by molar-refractivity contribution is 5.50. The lowest BCUT2D eigenvalue weighted by molar-refractivity contribution is 0.464. The molecule has 0 aliphatic rings. The molecule has 1 heterocycles. The molecule has 2 rings (SSSR count). The summed E-state index contributed by atoms with van der Waals surface area (Å²) in [5, 5.41) is 13.0. The van der Waals surface area contributed by atoms with Crippen molar-refractivity contribution in [3.05, 3.63) is 53.3 Å². The molecule has 0 saturated heterocycles. The second-order valence-corrected chi connectivity index (χ2v) is 4.09. The van der Waals surface area contributed by atoms with E-state index in [0.717, 1.165) is 11.4 Å². The molecule has 0 aliphatic heterocycles. The largest absolute Gasteiger partial charge is 0.506 e. The summed E-state index contributed by atoms with van der Waals surface area (Å²) in [5.41, 5.74) is 3.83. The minimum atomic E-state index is 0.233. The third kappa shape index (κ3) is 2.75. The summed E-state index contributed by atoms with van der Waals surface area (Å²) >= 11 is 0. The maximum Gasteiger partial charge on any atom is 0.138 e. The number of nitrogens with zero attached hydrogens (tertiary/aromatic N) is 1. The molecule has 0 unspecified atom stereocenters. The summed E-state index contributed by atoms with van der Waals surface area (Å²) in [5.74, 6) is 0.233. The molecule has 2 N–H and O–H groups in total. The van der Waals surface area contributed by atoms with Crippen molar-refractivity contribution in [3.63, 3.8) is 0 Å². The predicted molar refractivity (Wildman–Crippen MR) is 69.1 cm³/mol. The van der Waals surface area contributed by atoms with Crippen LogP contribution in [0.25, 0.3) is 0 Å². The van der Waals surface area contributed by atoms with Gasteiger partial charge < -0.3 is 10.4 Å². The number of pyridine rings is 1. The lowest BCUT2D eigenvalue weighted by atomic mass is 10.2. The van der Waals surface area contributed by atoms with Crippen molar-refractivity contribution in [2.24, 2.45) is 0 Å². The van der Waals surface area contributed by atoms with E-state index in [0.29, 0.717) is 12.2 Å². The summed E-state index contributed by atoms with van der Waals surface area (Å²) in [6.45, 7) is 4.49. The number of anilines is 1. The number of hydrogen-bond acceptors (Lipinski definition) is 3. The fraction of sp³-hybridized carbons (Fsp3) is 0.214. The van der Waals surface area contributed by atoms with Crippen LogP contribution in [0.5, 0.6) is 5.75 Å². The topological polar surface area (TPSA) is 45.1 Å². The van der Waals surface area contributed by atoms with Gasteiger partial charge in [-0.25, -0.2) is 0 Å². The van der Waals surface area contributed by atoms with E-state index in [2.05, 4.69) is 10.3 Å². The van der Waals surface area contributed by atoms with E-state index in [-0.39, 0.29) is 5.75 Å². The molecule has 1 aromatic carbocycles. The maximum atomic E-state index is 9.68. The zero-order chi connectivity index (χ0) is 12.3. The van der Waals surface area contributed by atoms with Crippen LogP contribution >= 0.6 is 0 Å². The first kappa shape index (κ1) is 11.5. The minimum Gasteiger partial charge on any atom is -0.506 e. The number of aryl methyl sites for hydroxylation is 2. The molecule has 0 bridgehead atoms.